The largest absolute Gasteiger partial charge is 0.497 e. The van der Waals surface area contributed by atoms with Gasteiger partial charge in [-0.2, -0.15) is 5.10 Å². The number of ether oxygens (including phenoxy) is 4. The van der Waals surface area contributed by atoms with Gasteiger partial charge in [-0.15, -0.1) is 0 Å². The predicted octanol–water partition coefficient (Wildman–Crippen LogP) is 4.89. The summed E-state index contributed by atoms with van der Waals surface area (Å²) >= 11 is 6.45. The molecule has 0 radical (unpaired) electrons. The number of carbonyl (C=O) groups excluding carboxylic acids is 1. The van der Waals surface area contributed by atoms with Crippen LogP contribution < -0.4 is 18.9 Å². The normalized spacial score (nSPS) is 16.1. The van der Waals surface area contributed by atoms with Crippen LogP contribution in [-0.4, -0.2) is 59.4 Å². The Hall–Kier alpha value is -3.98. The van der Waals surface area contributed by atoms with Crippen molar-refractivity contribution in [3.05, 3.63) is 65.4 Å². The van der Waals surface area contributed by atoms with Crippen molar-refractivity contribution in [1.29, 1.82) is 0 Å². The molecule has 2 aromatic carbocycles. The number of likely N-dealkylation sites (tertiary alicyclic amines) is 1. The van der Waals surface area contributed by atoms with Crippen molar-refractivity contribution >= 4 is 23.0 Å². The highest BCUT2D eigenvalue weighted by atomic mass is 35.5. The molecule has 1 aliphatic rings. The SMILES string of the molecule is COc1ccc(CN2CC(C(C)Oc3nc(-c4ccc(OC)c(OC)c4)cn4ncc(Cl)c34)CC2=O)cc1. The number of hydrogen-bond donors (Lipinski definition) is 0. The maximum atomic E-state index is 12.8. The zero-order chi connectivity index (χ0) is 26.8. The second kappa shape index (κ2) is 10.8. The van der Waals surface area contributed by atoms with Gasteiger partial charge in [0.05, 0.1) is 44.4 Å². The Morgan fingerprint density at radius 1 is 1.05 bits per heavy atom. The molecule has 5 rings (SSSR count). The Kier molecular flexibility index (Phi) is 7.28. The van der Waals surface area contributed by atoms with Gasteiger partial charge in [0.1, 0.15) is 17.4 Å². The number of halogens is 1. The first-order chi connectivity index (χ1) is 18.4. The van der Waals surface area contributed by atoms with Crippen molar-refractivity contribution in [3.63, 3.8) is 0 Å². The summed E-state index contributed by atoms with van der Waals surface area (Å²) < 4.78 is 24.1. The molecule has 0 aliphatic carbocycles. The van der Waals surface area contributed by atoms with Crippen LogP contribution in [0.2, 0.25) is 5.02 Å². The van der Waals surface area contributed by atoms with Crippen LogP contribution in [0.25, 0.3) is 16.8 Å². The van der Waals surface area contributed by atoms with Crippen LogP contribution in [0.15, 0.2) is 54.9 Å². The molecule has 9 nitrogen and oxygen atoms in total. The molecule has 0 saturated carbocycles. The average Bonchev–Trinajstić information content (AvgIpc) is 3.50. The number of amides is 1. The lowest BCUT2D eigenvalue weighted by Crippen LogP contribution is -2.29. The van der Waals surface area contributed by atoms with Crippen LogP contribution >= 0.6 is 11.6 Å². The number of rotatable bonds is 9. The average molecular weight is 537 g/mol. The highest BCUT2D eigenvalue weighted by Crippen LogP contribution is 2.35. The Morgan fingerprint density at radius 3 is 2.53 bits per heavy atom. The number of nitrogens with zero attached hydrogens (tertiary/aromatic N) is 4. The molecule has 1 fully saturated rings. The minimum atomic E-state index is -0.289. The molecular formula is C28H29ClN4O5. The molecule has 0 spiro atoms. The molecular weight excluding hydrogens is 508 g/mol. The summed E-state index contributed by atoms with van der Waals surface area (Å²) in [6.07, 6.45) is 3.46. The van der Waals surface area contributed by atoms with Gasteiger partial charge in [-0.05, 0) is 42.8 Å². The molecule has 4 aromatic rings. The summed E-state index contributed by atoms with van der Waals surface area (Å²) in [5, 5.41) is 4.80. The number of carbonyl (C=O) groups is 1. The van der Waals surface area contributed by atoms with Crippen molar-refractivity contribution in [2.75, 3.05) is 27.9 Å². The molecule has 10 heteroatoms. The molecule has 2 atom stereocenters. The second-order valence-electron chi connectivity index (χ2n) is 9.20. The van der Waals surface area contributed by atoms with Crippen LogP contribution in [0, 0.1) is 5.92 Å². The first kappa shape index (κ1) is 25.7. The Morgan fingerprint density at radius 2 is 1.82 bits per heavy atom. The molecule has 2 aromatic heterocycles. The van der Waals surface area contributed by atoms with Crippen LogP contribution in [-0.2, 0) is 11.3 Å². The van der Waals surface area contributed by atoms with Gasteiger partial charge in [-0.3, -0.25) is 4.79 Å². The van der Waals surface area contributed by atoms with Crippen LogP contribution in [0.5, 0.6) is 23.1 Å². The molecule has 1 amide bonds. The van der Waals surface area contributed by atoms with E-state index in [0.717, 1.165) is 16.9 Å². The molecule has 1 saturated heterocycles. The van der Waals surface area contributed by atoms with Crippen molar-refractivity contribution in [2.24, 2.45) is 5.92 Å². The van der Waals surface area contributed by atoms with Crippen molar-refractivity contribution < 1.29 is 23.7 Å². The van der Waals surface area contributed by atoms with Gasteiger partial charge >= 0.3 is 0 Å². The van der Waals surface area contributed by atoms with E-state index >= 15 is 0 Å². The summed E-state index contributed by atoms with van der Waals surface area (Å²) in [6, 6.07) is 13.3. The Balaban J connectivity index is 1.37. The third-order valence-electron chi connectivity index (χ3n) is 6.84. The van der Waals surface area contributed by atoms with Crippen LogP contribution in [0.4, 0.5) is 0 Å². The van der Waals surface area contributed by atoms with Gasteiger partial charge < -0.3 is 23.8 Å². The molecule has 1 aliphatic heterocycles. The summed E-state index contributed by atoms with van der Waals surface area (Å²) in [5.74, 6) is 2.44. The lowest BCUT2D eigenvalue weighted by molar-refractivity contribution is -0.128. The van der Waals surface area contributed by atoms with E-state index in [0.29, 0.717) is 53.1 Å². The second-order valence-corrected chi connectivity index (χ2v) is 9.60. The fraction of sp³-hybridized carbons (Fsp3) is 0.321. The quantitative estimate of drug-likeness (QED) is 0.301. The third kappa shape index (κ3) is 5.06. The van der Waals surface area contributed by atoms with E-state index in [2.05, 4.69) is 5.10 Å². The van der Waals surface area contributed by atoms with Gasteiger partial charge in [0.15, 0.2) is 11.5 Å². The fourth-order valence-corrected chi connectivity index (χ4v) is 4.87. The number of methoxy groups -OCH3 is 3. The standard InChI is InChI=1S/C28H29ClN4O5/c1-17(20-12-26(34)32(15-20)14-18-5-8-21(35-2)9-6-18)38-28-27-22(29)13-30-33(27)16-23(31-28)19-7-10-24(36-3)25(11-19)37-4/h5-11,13,16-17,20H,12,14-15H2,1-4H3. The van der Waals surface area contributed by atoms with E-state index in [9.17, 15) is 4.79 Å². The minimum Gasteiger partial charge on any atom is -0.497 e. The van der Waals surface area contributed by atoms with E-state index < -0.39 is 0 Å². The zero-order valence-corrected chi connectivity index (χ0v) is 22.4. The van der Waals surface area contributed by atoms with Gasteiger partial charge in [0, 0.05) is 31.0 Å². The highest BCUT2D eigenvalue weighted by Gasteiger charge is 2.34. The first-order valence-electron chi connectivity index (χ1n) is 12.2. The summed E-state index contributed by atoms with van der Waals surface area (Å²) in [4.78, 5) is 19.5. The number of benzene rings is 2. The number of aromatic nitrogens is 3. The molecule has 3 heterocycles. The number of fused-ring (bicyclic) bond motifs is 1. The summed E-state index contributed by atoms with van der Waals surface area (Å²) in [5.41, 5.74) is 3.05. The molecule has 38 heavy (non-hydrogen) atoms. The van der Waals surface area contributed by atoms with E-state index in [-0.39, 0.29) is 17.9 Å². The Labute approximate surface area is 225 Å². The van der Waals surface area contributed by atoms with Gasteiger partial charge in [0.25, 0.3) is 0 Å². The first-order valence-corrected chi connectivity index (χ1v) is 12.6. The lowest BCUT2D eigenvalue weighted by atomic mass is 10.0. The van der Waals surface area contributed by atoms with E-state index in [1.54, 1.807) is 38.2 Å². The minimum absolute atomic E-state index is 0.00553. The van der Waals surface area contributed by atoms with E-state index in [1.807, 2.05) is 54.3 Å². The maximum Gasteiger partial charge on any atom is 0.242 e. The maximum absolute atomic E-state index is 12.8. The predicted molar refractivity (Wildman–Crippen MR) is 143 cm³/mol. The molecule has 198 valence electrons. The van der Waals surface area contributed by atoms with Gasteiger partial charge in [0.2, 0.25) is 11.8 Å². The zero-order valence-electron chi connectivity index (χ0n) is 21.7. The monoisotopic (exact) mass is 536 g/mol. The molecule has 0 bridgehead atoms. The molecule has 2 unspecified atom stereocenters. The molecule has 0 N–H and O–H groups in total. The fourth-order valence-electron chi connectivity index (χ4n) is 4.66. The third-order valence-corrected chi connectivity index (χ3v) is 7.11. The lowest BCUT2D eigenvalue weighted by Gasteiger charge is -2.22. The van der Waals surface area contributed by atoms with Crippen molar-refractivity contribution in [2.45, 2.75) is 26.0 Å². The summed E-state index contributed by atoms with van der Waals surface area (Å²) in [6.45, 7) is 3.09. The highest BCUT2D eigenvalue weighted by molar-refractivity contribution is 6.34. The van der Waals surface area contributed by atoms with Gasteiger partial charge in [-0.1, -0.05) is 23.7 Å². The van der Waals surface area contributed by atoms with E-state index in [1.165, 1.54) is 0 Å². The van der Waals surface area contributed by atoms with Crippen molar-refractivity contribution in [3.8, 4) is 34.4 Å². The summed E-state index contributed by atoms with van der Waals surface area (Å²) in [7, 11) is 4.81. The number of hydrogen-bond acceptors (Lipinski definition) is 7. The van der Waals surface area contributed by atoms with Crippen LogP contribution in [0.1, 0.15) is 18.9 Å². The van der Waals surface area contributed by atoms with Crippen LogP contribution in [0.3, 0.4) is 0 Å². The smallest absolute Gasteiger partial charge is 0.242 e. The Bertz CT molecular complexity index is 1460. The van der Waals surface area contributed by atoms with Gasteiger partial charge in [-0.25, -0.2) is 9.50 Å². The van der Waals surface area contributed by atoms with E-state index in [4.69, 9.17) is 35.5 Å². The van der Waals surface area contributed by atoms with Crippen molar-refractivity contribution in [1.82, 2.24) is 19.5 Å². The topological polar surface area (TPSA) is 87.4 Å².